The number of piperidine rings is 2. The van der Waals surface area contributed by atoms with Crippen molar-refractivity contribution in [2.45, 2.75) is 64.1 Å². The molecule has 2 fully saturated rings. The molecule has 0 aliphatic carbocycles. The Bertz CT molecular complexity index is 1310. The van der Waals surface area contributed by atoms with Gasteiger partial charge in [0.05, 0.1) is 18.7 Å². The molecule has 0 radical (unpaired) electrons. The maximum Gasteiger partial charge on any atom is 0.128 e. The number of benzene rings is 2. The molecule has 3 aromatic rings. The number of fused-ring (bicyclic) bond motifs is 1. The van der Waals surface area contributed by atoms with E-state index < -0.39 is 29.3 Å². The third-order valence-corrected chi connectivity index (χ3v) is 9.16. The van der Waals surface area contributed by atoms with Crippen molar-refractivity contribution in [3.63, 3.8) is 0 Å². The highest BCUT2D eigenvalue weighted by Crippen LogP contribution is 2.43. The van der Waals surface area contributed by atoms with Gasteiger partial charge < -0.3 is 30.9 Å². The van der Waals surface area contributed by atoms with Crippen LogP contribution in [0.1, 0.15) is 62.2 Å². The molecular weight excluding hydrogens is 569 g/mol. The first-order valence-corrected chi connectivity index (χ1v) is 15.7. The number of pyridine rings is 1. The van der Waals surface area contributed by atoms with E-state index in [-0.39, 0.29) is 6.42 Å². The number of anilines is 1. The maximum atomic E-state index is 15.8. The first-order valence-electron chi connectivity index (χ1n) is 15.7. The molecule has 242 valence electrons. The number of aromatic nitrogens is 1. The van der Waals surface area contributed by atoms with Gasteiger partial charge in [-0.15, -0.1) is 0 Å². The largest absolute Gasteiger partial charge is 0.497 e. The summed E-state index contributed by atoms with van der Waals surface area (Å²) in [6.45, 7) is 6.28. The third-order valence-electron chi connectivity index (χ3n) is 9.16. The van der Waals surface area contributed by atoms with Crippen molar-refractivity contribution in [3.8, 4) is 5.75 Å². The number of ether oxygens (including phenoxy) is 1. The fourth-order valence-corrected chi connectivity index (χ4v) is 6.45. The van der Waals surface area contributed by atoms with Crippen LogP contribution in [-0.2, 0) is 0 Å². The average molecular weight is 617 g/mol. The van der Waals surface area contributed by atoms with E-state index in [2.05, 4.69) is 20.9 Å². The van der Waals surface area contributed by atoms with Crippen molar-refractivity contribution in [2.24, 2.45) is 11.3 Å². The van der Waals surface area contributed by atoms with E-state index in [9.17, 15) is 13.9 Å². The molecule has 2 aliphatic heterocycles. The molecule has 44 heavy (non-hydrogen) atoms. The molecular formula is C34H47F3N4O3. The monoisotopic (exact) mass is 616 g/mol. The minimum atomic E-state index is -1.21. The van der Waals surface area contributed by atoms with Gasteiger partial charge in [0.15, 0.2) is 0 Å². The summed E-state index contributed by atoms with van der Waals surface area (Å²) in [6.07, 6.45) is 4.78. The summed E-state index contributed by atoms with van der Waals surface area (Å²) < 4.78 is 48.1. The molecule has 10 heteroatoms. The summed E-state index contributed by atoms with van der Waals surface area (Å²) in [5.74, 6) is -0.0765. The van der Waals surface area contributed by atoms with Gasteiger partial charge in [-0.05, 0) is 131 Å². The van der Waals surface area contributed by atoms with Crippen LogP contribution in [0.4, 0.5) is 18.9 Å². The van der Waals surface area contributed by atoms with Gasteiger partial charge in [0, 0.05) is 36.5 Å². The highest BCUT2D eigenvalue weighted by Gasteiger charge is 2.39. The predicted molar refractivity (Wildman–Crippen MR) is 169 cm³/mol. The van der Waals surface area contributed by atoms with Crippen molar-refractivity contribution in [2.75, 3.05) is 51.8 Å². The third kappa shape index (κ3) is 9.06. The smallest absolute Gasteiger partial charge is 0.128 e. The number of nitrogens with zero attached hydrogens (tertiary/aromatic N) is 1. The van der Waals surface area contributed by atoms with Crippen molar-refractivity contribution in [3.05, 3.63) is 65.4 Å². The standard InChI is InChI=1S/C28H34F3N3O2.C6H13NO/c1-18-17-34-25-4-3-22(36-2)16-23(25)27(18)24(31)5-7-28(8-11-32-12-9-28)26(35)6-10-33-21-14-19(29)13-20(30)15-21;8-5-6-1-3-7-4-2-6/h3-4,13-17,24,26,32-33,35H,5-12H2,1-2H3;6-8H,1-5H2/t24-,26+;/m1./s1. The van der Waals surface area contributed by atoms with E-state index in [1.807, 2.05) is 25.1 Å². The van der Waals surface area contributed by atoms with Crippen molar-refractivity contribution < 1.29 is 28.1 Å². The zero-order chi connectivity index (χ0) is 31.5. The summed E-state index contributed by atoms with van der Waals surface area (Å²) >= 11 is 0. The molecule has 2 saturated heterocycles. The number of nitrogens with one attached hydrogen (secondary N) is 3. The predicted octanol–water partition coefficient (Wildman–Crippen LogP) is 5.83. The van der Waals surface area contributed by atoms with Crippen LogP contribution >= 0.6 is 0 Å². The van der Waals surface area contributed by atoms with Crippen LogP contribution in [0, 0.1) is 29.9 Å². The van der Waals surface area contributed by atoms with E-state index in [1.165, 1.54) is 12.1 Å². The van der Waals surface area contributed by atoms with E-state index >= 15 is 4.39 Å². The fourth-order valence-electron chi connectivity index (χ4n) is 6.45. The van der Waals surface area contributed by atoms with Crippen molar-refractivity contribution in [1.82, 2.24) is 15.6 Å². The normalized spacial score (nSPS) is 18.2. The van der Waals surface area contributed by atoms with Gasteiger partial charge in [0.2, 0.25) is 0 Å². The van der Waals surface area contributed by atoms with Gasteiger partial charge in [-0.25, -0.2) is 13.2 Å². The number of alkyl halides is 1. The Kier molecular flexibility index (Phi) is 12.7. The lowest BCUT2D eigenvalue weighted by atomic mass is 9.69. The van der Waals surface area contributed by atoms with Crippen molar-refractivity contribution >= 4 is 16.6 Å². The van der Waals surface area contributed by atoms with Crippen LogP contribution < -0.4 is 20.7 Å². The summed E-state index contributed by atoms with van der Waals surface area (Å²) in [7, 11) is 1.58. The number of methoxy groups -OCH3 is 1. The lowest BCUT2D eigenvalue weighted by Gasteiger charge is -2.42. The molecule has 0 spiro atoms. The zero-order valence-corrected chi connectivity index (χ0v) is 25.8. The quantitative estimate of drug-likeness (QED) is 0.185. The molecule has 7 nitrogen and oxygen atoms in total. The Morgan fingerprint density at radius 2 is 1.70 bits per heavy atom. The molecule has 5 rings (SSSR count). The van der Waals surface area contributed by atoms with E-state index in [1.54, 1.807) is 13.3 Å². The van der Waals surface area contributed by atoms with Crippen LogP contribution in [0.5, 0.6) is 5.75 Å². The van der Waals surface area contributed by atoms with E-state index in [4.69, 9.17) is 9.84 Å². The van der Waals surface area contributed by atoms with Crippen molar-refractivity contribution in [1.29, 1.82) is 0 Å². The van der Waals surface area contributed by atoms with Gasteiger partial charge in [0.1, 0.15) is 23.6 Å². The highest BCUT2D eigenvalue weighted by molar-refractivity contribution is 5.84. The number of aryl methyl sites for hydroxylation is 1. The first-order chi connectivity index (χ1) is 21.2. The lowest BCUT2D eigenvalue weighted by molar-refractivity contribution is -0.0139. The first kappa shape index (κ1) is 34.0. The van der Waals surface area contributed by atoms with E-state index in [0.717, 1.165) is 74.4 Å². The topological polar surface area (TPSA) is 98.7 Å². The number of aliphatic hydroxyl groups is 2. The number of halogens is 3. The number of hydrogen-bond donors (Lipinski definition) is 5. The number of rotatable bonds is 11. The number of aliphatic hydroxyl groups excluding tert-OH is 2. The molecule has 2 aromatic carbocycles. The second-order valence-electron chi connectivity index (χ2n) is 12.1. The zero-order valence-electron chi connectivity index (χ0n) is 25.8. The minimum absolute atomic E-state index is 0.275. The summed E-state index contributed by atoms with van der Waals surface area (Å²) in [5.41, 5.74) is 2.02. The average Bonchev–Trinajstić information content (AvgIpc) is 3.04. The molecule has 5 N–H and O–H groups in total. The summed E-state index contributed by atoms with van der Waals surface area (Å²) in [4.78, 5) is 4.44. The van der Waals surface area contributed by atoms with Gasteiger partial charge >= 0.3 is 0 Å². The Morgan fingerprint density at radius 3 is 2.34 bits per heavy atom. The molecule has 3 heterocycles. The molecule has 0 bridgehead atoms. The molecule has 2 atom stereocenters. The lowest BCUT2D eigenvalue weighted by Crippen LogP contribution is -2.45. The summed E-state index contributed by atoms with van der Waals surface area (Å²) in [5, 5.41) is 30.2. The van der Waals surface area contributed by atoms with Gasteiger partial charge in [-0.2, -0.15) is 0 Å². The van der Waals surface area contributed by atoms with E-state index in [0.29, 0.717) is 48.9 Å². The fraction of sp³-hybridized carbons (Fsp3) is 0.559. The summed E-state index contributed by atoms with van der Waals surface area (Å²) in [6, 6.07) is 8.74. The molecule has 0 saturated carbocycles. The molecule has 0 unspecified atom stereocenters. The Morgan fingerprint density at radius 1 is 1.02 bits per heavy atom. The maximum absolute atomic E-state index is 15.8. The van der Waals surface area contributed by atoms with Crippen LogP contribution in [0.25, 0.3) is 10.9 Å². The van der Waals surface area contributed by atoms with Gasteiger partial charge in [-0.3, -0.25) is 4.98 Å². The minimum Gasteiger partial charge on any atom is -0.497 e. The van der Waals surface area contributed by atoms with Crippen LogP contribution in [0.15, 0.2) is 42.6 Å². The van der Waals surface area contributed by atoms with Crippen LogP contribution in [-0.4, -0.2) is 67.7 Å². The highest BCUT2D eigenvalue weighted by atomic mass is 19.1. The Balaban J connectivity index is 0.000000479. The van der Waals surface area contributed by atoms with Crippen LogP contribution in [0.2, 0.25) is 0 Å². The Hall–Kier alpha value is -2.92. The van der Waals surface area contributed by atoms with Gasteiger partial charge in [-0.1, -0.05) is 0 Å². The van der Waals surface area contributed by atoms with Gasteiger partial charge in [0.25, 0.3) is 0 Å². The SMILES string of the molecule is COc1ccc2ncc(C)c([C@H](F)CCC3([C@@H](O)CCNc4cc(F)cc(F)c4)CCNCC3)c2c1.OCC1CCNCC1. The second kappa shape index (κ2) is 16.4. The second-order valence-corrected chi connectivity index (χ2v) is 12.1. The molecule has 1 aromatic heterocycles. The number of hydrogen-bond acceptors (Lipinski definition) is 7. The van der Waals surface area contributed by atoms with Crippen LogP contribution in [0.3, 0.4) is 0 Å². The molecule has 0 amide bonds. The molecule has 2 aliphatic rings. The Labute approximate surface area is 258 Å².